The van der Waals surface area contributed by atoms with Gasteiger partial charge in [-0.25, -0.2) is 8.78 Å². The van der Waals surface area contributed by atoms with Crippen LogP contribution < -0.4 is 5.32 Å². The molecule has 0 bridgehead atoms. The minimum Gasteiger partial charge on any atom is -0.350 e. The highest BCUT2D eigenvalue weighted by molar-refractivity contribution is 7.11. The van der Waals surface area contributed by atoms with E-state index in [-0.39, 0.29) is 23.5 Å². The normalized spacial score (nSPS) is 14.1. The summed E-state index contributed by atoms with van der Waals surface area (Å²) >= 11 is 1.31. The summed E-state index contributed by atoms with van der Waals surface area (Å²) in [6, 6.07) is 10.2. The predicted molar refractivity (Wildman–Crippen MR) is 101 cm³/mol. The summed E-state index contributed by atoms with van der Waals surface area (Å²) in [5, 5.41) is 4.59. The molecular formula is C20H13F2N3O2S. The maximum absolute atomic E-state index is 13.6. The Morgan fingerprint density at radius 1 is 1.04 bits per heavy atom. The van der Waals surface area contributed by atoms with Crippen LogP contribution in [0.3, 0.4) is 0 Å². The van der Waals surface area contributed by atoms with Crippen molar-refractivity contribution in [1.82, 2.24) is 9.88 Å². The number of halogens is 2. The van der Waals surface area contributed by atoms with Crippen LogP contribution in [-0.4, -0.2) is 21.7 Å². The average Bonchev–Trinajstić information content (AvgIpc) is 3.29. The predicted octanol–water partition coefficient (Wildman–Crippen LogP) is 3.81. The highest BCUT2D eigenvalue weighted by Gasteiger charge is 2.39. The van der Waals surface area contributed by atoms with Crippen molar-refractivity contribution in [2.45, 2.75) is 6.54 Å². The Balaban J connectivity index is 1.72. The lowest BCUT2D eigenvalue weighted by Gasteiger charge is -2.15. The molecule has 8 heteroatoms. The first-order chi connectivity index (χ1) is 13.5. The third-order valence-electron chi connectivity index (χ3n) is 4.19. The van der Waals surface area contributed by atoms with Crippen molar-refractivity contribution >= 4 is 34.4 Å². The number of hydrogen-bond acceptors (Lipinski definition) is 5. The third-order valence-corrected chi connectivity index (χ3v) is 5.08. The number of nitrogens with one attached hydrogen (secondary N) is 1. The molecule has 0 spiro atoms. The number of rotatable bonds is 5. The molecule has 0 aliphatic carbocycles. The van der Waals surface area contributed by atoms with Crippen molar-refractivity contribution in [3.63, 3.8) is 0 Å². The second kappa shape index (κ2) is 7.32. The second-order valence-electron chi connectivity index (χ2n) is 6.04. The molecular weight excluding hydrogens is 384 g/mol. The first-order valence-corrected chi connectivity index (χ1v) is 9.18. The van der Waals surface area contributed by atoms with Crippen molar-refractivity contribution in [2.75, 3.05) is 5.32 Å². The molecule has 0 fully saturated rings. The fourth-order valence-corrected chi connectivity index (χ4v) is 3.65. The Morgan fingerprint density at radius 2 is 1.89 bits per heavy atom. The van der Waals surface area contributed by atoms with E-state index >= 15 is 0 Å². The Hall–Kier alpha value is -3.39. The van der Waals surface area contributed by atoms with E-state index in [9.17, 15) is 18.4 Å². The van der Waals surface area contributed by atoms with E-state index in [2.05, 4.69) is 10.3 Å². The molecule has 5 nitrogen and oxygen atoms in total. The fraction of sp³-hybridized carbons (Fsp3) is 0.0500. The first kappa shape index (κ1) is 18.0. The van der Waals surface area contributed by atoms with Crippen LogP contribution in [-0.2, 0) is 16.1 Å². The van der Waals surface area contributed by atoms with Crippen molar-refractivity contribution < 1.29 is 18.4 Å². The number of benzene rings is 1. The quantitative estimate of drug-likeness (QED) is 0.665. The van der Waals surface area contributed by atoms with Crippen molar-refractivity contribution in [2.24, 2.45) is 0 Å². The Morgan fingerprint density at radius 3 is 2.57 bits per heavy atom. The molecule has 3 aromatic rings. The molecule has 3 heterocycles. The molecule has 1 aliphatic rings. The van der Waals surface area contributed by atoms with E-state index in [4.69, 9.17) is 0 Å². The maximum Gasteiger partial charge on any atom is 0.278 e. The van der Waals surface area contributed by atoms with E-state index in [1.54, 1.807) is 42.0 Å². The van der Waals surface area contributed by atoms with Gasteiger partial charge in [-0.3, -0.25) is 19.5 Å². The number of hydrogen-bond donors (Lipinski definition) is 1. The van der Waals surface area contributed by atoms with Crippen LogP contribution in [0, 0.1) is 11.6 Å². The topological polar surface area (TPSA) is 62.3 Å². The number of carbonyl (C=O) groups excluding carboxylic acids is 2. The standard InChI is InChI=1S/C20H13F2N3O2S/c21-14-6-5-13(9-15(14)22)24-18-17(16-4-2-8-28-16)19(26)25(20(18)27)11-12-3-1-7-23-10-12/h1-10,24H,11H2. The molecule has 140 valence electrons. The minimum atomic E-state index is -1.05. The molecule has 0 unspecified atom stereocenters. The Kier molecular flexibility index (Phi) is 4.70. The zero-order chi connectivity index (χ0) is 19.7. The van der Waals surface area contributed by atoms with E-state index in [0.29, 0.717) is 10.4 Å². The zero-order valence-electron chi connectivity index (χ0n) is 14.4. The second-order valence-corrected chi connectivity index (χ2v) is 6.99. The molecule has 4 rings (SSSR count). The van der Waals surface area contributed by atoms with Gasteiger partial charge in [-0.15, -0.1) is 11.3 Å². The molecule has 2 aromatic heterocycles. The number of nitrogens with zero attached hydrogens (tertiary/aromatic N) is 2. The molecule has 0 saturated heterocycles. The van der Waals surface area contributed by atoms with Gasteiger partial charge in [0.1, 0.15) is 5.70 Å². The van der Waals surface area contributed by atoms with Gasteiger partial charge in [-0.1, -0.05) is 12.1 Å². The summed E-state index contributed by atoms with van der Waals surface area (Å²) in [6.07, 6.45) is 3.18. The number of carbonyl (C=O) groups is 2. The van der Waals surface area contributed by atoms with Crippen LogP contribution in [0.1, 0.15) is 10.4 Å². The largest absolute Gasteiger partial charge is 0.350 e. The van der Waals surface area contributed by atoms with Gasteiger partial charge in [0.05, 0.1) is 12.1 Å². The molecule has 0 atom stereocenters. The van der Waals surface area contributed by atoms with Gasteiger partial charge in [0.2, 0.25) is 0 Å². The zero-order valence-corrected chi connectivity index (χ0v) is 15.2. The summed E-state index contributed by atoms with van der Waals surface area (Å²) in [5.74, 6) is -3.04. The number of pyridine rings is 1. The Bertz CT molecular complexity index is 1080. The van der Waals surface area contributed by atoms with E-state index in [1.165, 1.54) is 17.4 Å². The first-order valence-electron chi connectivity index (χ1n) is 8.30. The molecule has 1 aliphatic heterocycles. The van der Waals surface area contributed by atoms with Crippen LogP contribution in [0.2, 0.25) is 0 Å². The van der Waals surface area contributed by atoms with Crippen molar-refractivity contribution in [3.05, 3.63) is 88.0 Å². The summed E-state index contributed by atoms with van der Waals surface area (Å²) < 4.78 is 26.8. The Labute approximate surface area is 162 Å². The molecule has 1 N–H and O–H groups in total. The number of aromatic nitrogens is 1. The fourth-order valence-electron chi connectivity index (χ4n) is 2.88. The lowest BCUT2D eigenvalue weighted by Crippen LogP contribution is -2.32. The lowest BCUT2D eigenvalue weighted by atomic mass is 10.2. The van der Waals surface area contributed by atoms with E-state index < -0.39 is 23.4 Å². The summed E-state index contributed by atoms with van der Waals surface area (Å²) in [5.41, 5.74) is 1.10. The summed E-state index contributed by atoms with van der Waals surface area (Å²) in [7, 11) is 0. The van der Waals surface area contributed by atoms with E-state index in [1.807, 2.05) is 0 Å². The molecule has 28 heavy (non-hydrogen) atoms. The van der Waals surface area contributed by atoms with Gasteiger partial charge in [0, 0.05) is 29.0 Å². The van der Waals surface area contributed by atoms with E-state index in [0.717, 1.165) is 17.0 Å². The summed E-state index contributed by atoms with van der Waals surface area (Å²) in [6.45, 7) is 0.0589. The number of amides is 2. The number of thiophene rings is 1. The van der Waals surface area contributed by atoms with Crippen LogP contribution >= 0.6 is 11.3 Å². The maximum atomic E-state index is 13.6. The third kappa shape index (κ3) is 3.29. The van der Waals surface area contributed by atoms with Crippen molar-refractivity contribution in [3.8, 4) is 0 Å². The van der Waals surface area contributed by atoms with Crippen LogP contribution in [0.15, 0.2) is 65.9 Å². The van der Waals surface area contributed by atoms with Crippen LogP contribution in [0.4, 0.5) is 14.5 Å². The van der Waals surface area contributed by atoms with Gasteiger partial charge in [0.25, 0.3) is 11.8 Å². The summed E-state index contributed by atoms with van der Waals surface area (Å²) in [4.78, 5) is 31.7. The van der Waals surface area contributed by atoms with Gasteiger partial charge >= 0.3 is 0 Å². The molecule has 1 aromatic carbocycles. The van der Waals surface area contributed by atoms with Gasteiger partial charge in [-0.2, -0.15) is 0 Å². The van der Waals surface area contributed by atoms with Gasteiger partial charge in [-0.05, 0) is 35.2 Å². The number of anilines is 1. The number of imide groups is 1. The highest BCUT2D eigenvalue weighted by Crippen LogP contribution is 2.33. The molecule has 0 saturated carbocycles. The SMILES string of the molecule is O=C1C(Nc2ccc(F)c(F)c2)=C(c2cccs2)C(=O)N1Cc1cccnc1. The van der Waals surface area contributed by atoms with Crippen LogP contribution in [0.5, 0.6) is 0 Å². The van der Waals surface area contributed by atoms with Gasteiger partial charge < -0.3 is 5.32 Å². The minimum absolute atomic E-state index is 0.0300. The highest BCUT2D eigenvalue weighted by atomic mass is 32.1. The molecule has 2 amide bonds. The lowest BCUT2D eigenvalue weighted by molar-refractivity contribution is -0.137. The van der Waals surface area contributed by atoms with Gasteiger partial charge in [0.15, 0.2) is 11.6 Å². The van der Waals surface area contributed by atoms with Crippen molar-refractivity contribution in [1.29, 1.82) is 0 Å². The molecule has 0 radical (unpaired) electrons. The van der Waals surface area contributed by atoms with Crippen LogP contribution in [0.25, 0.3) is 5.57 Å². The monoisotopic (exact) mass is 397 g/mol. The average molecular weight is 397 g/mol. The smallest absolute Gasteiger partial charge is 0.278 e.